The van der Waals surface area contributed by atoms with Gasteiger partial charge in [0, 0.05) is 11.8 Å². The zero-order valence-corrected chi connectivity index (χ0v) is 16.5. The normalized spacial score (nSPS) is 27.7. The third kappa shape index (κ3) is 4.57. The molecule has 28 heavy (non-hydrogen) atoms. The van der Waals surface area contributed by atoms with Crippen molar-refractivity contribution in [2.24, 2.45) is 0 Å². The smallest absolute Gasteiger partial charge is 0.430 e. The molecule has 2 aromatic carbocycles. The fraction of sp³-hybridized carbons (Fsp3) is 0.480. The van der Waals surface area contributed by atoms with Gasteiger partial charge in [-0.15, -0.1) is 0 Å². The second kappa shape index (κ2) is 9.27. The van der Waals surface area contributed by atoms with Gasteiger partial charge in [0.05, 0.1) is 0 Å². The van der Waals surface area contributed by atoms with E-state index < -0.39 is 6.16 Å². The topological polar surface area (TPSA) is 35.5 Å². The number of rotatable bonds is 4. The zero-order chi connectivity index (χ0) is 19.2. The first kappa shape index (κ1) is 19.0. The van der Waals surface area contributed by atoms with Gasteiger partial charge in [-0.3, -0.25) is 0 Å². The van der Waals surface area contributed by atoms with Gasteiger partial charge in [0.25, 0.3) is 0 Å². The summed E-state index contributed by atoms with van der Waals surface area (Å²) in [7, 11) is 0. The second-order valence-electron chi connectivity index (χ2n) is 8.17. The molecule has 4 atom stereocenters. The SMILES string of the molecule is O=C(O[C@@H]1CCCC[C@H]1c1ccccc1)O[C@@H]1CCCC[C@H]1c1ccccc1. The first-order valence-electron chi connectivity index (χ1n) is 10.8. The Balaban J connectivity index is 1.41. The molecule has 2 aromatic rings. The highest BCUT2D eigenvalue weighted by molar-refractivity contribution is 5.60. The summed E-state index contributed by atoms with van der Waals surface area (Å²) in [5, 5.41) is 0. The molecule has 0 spiro atoms. The molecule has 2 aliphatic rings. The lowest BCUT2D eigenvalue weighted by atomic mass is 9.81. The Hall–Kier alpha value is -2.29. The number of hydrogen-bond acceptors (Lipinski definition) is 3. The third-order valence-corrected chi connectivity index (χ3v) is 6.36. The van der Waals surface area contributed by atoms with Crippen LogP contribution in [-0.2, 0) is 9.47 Å². The van der Waals surface area contributed by atoms with Gasteiger partial charge in [-0.25, -0.2) is 4.79 Å². The van der Waals surface area contributed by atoms with Crippen molar-refractivity contribution in [3.05, 3.63) is 71.8 Å². The molecule has 148 valence electrons. The van der Waals surface area contributed by atoms with E-state index in [0.717, 1.165) is 38.5 Å². The molecule has 0 amide bonds. The Labute approximate surface area is 168 Å². The van der Waals surface area contributed by atoms with Gasteiger partial charge in [-0.1, -0.05) is 73.5 Å². The van der Waals surface area contributed by atoms with Gasteiger partial charge >= 0.3 is 6.16 Å². The molecule has 4 rings (SSSR count). The van der Waals surface area contributed by atoms with E-state index in [2.05, 4.69) is 48.5 Å². The molecule has 3 nitrogen and oxygen atoms in total. The largest absolute Gasteiger partial charge is 0.508 e. The number of carbonyl (C=O) groups excluding carboxylic acids is 1. The summed E-state index contributed by atoms with van der Waals surface area (Å²) in [5.41, 5.74) is 2.53. The minimum Gasteiger partial charge on any atom is -0.430 e. The van der Waals surface area contributed by atoms with Gasteiger partial charge in [0.1, 0.15) is 12.2 Å². The second-order valence-corrected chi connectivity index (χ2v) is 8.17. The van der Waals surface area contributed by atoms with Crippen LogP contribution in [0.4, 0.5) is 4.79 Å². The Bertz CT molecular complexity index is 679. The summed E-state index contributed by atoms with van der Waals surface area (Å²) < 4.78 is 11.8. The number of carbonyl (C=O) groups is 1. The van der Waals surface area contributed by atoms with Crippen LogP contribution >= 0.6 is 0 Å². The molecule has 0 heterocycles. The van der Waals surface area contributed by atoms with Crippen molar-refractivity contribution in [3.8, 4) is 0 Å². The van der Waals surface area contributed by atoms with Crippen molar-refractivity contribution in [2.75, 3.05) is 0 Å². The van der Waals surface area contributed by atoms with Crippen LogP contribution in [0.25, 0.3) is 0 Å². The van der Waals surface area contributed by atoms with Gasteiger partial charge in [0.2, 0.25) is 0 Å². The van der Waals surface area contributed by atoms with Crippen molar-refractivity contribution < 1.29 is 14.3 Å². The number of benzene rings is 2. The molecular weight excluding hydrogens is 348 g/mol. The minimum absolute atomic E-state index is 0.0811. The molecule has 0 unspecified atom stereocenters. The molecule has 2 fully saturated rings. The van der Waals surface area contributed by atoms with Crippen LogP contribution in [0, 0.1) is 0 Å². The summed E-state index contributed by atoms with van der Waals surface area (Å²) in [6.07, 6.45) is 7.92. The maximum Gasteiger partial charge on any atom is 0.508 e. The van der Waals surface area contributed by atoms with Crippen LogP contribution in [0.15, 0.2) is 60.7 Å². The Kier molecular flexibility index (Phi) is 6.31. The molecule has 2 aliphatic carbocycles. The van der Waals surface area contributed by atoms with Crippen LogP contribution in [0.5, 0.6) is 0 Å². The standard InChI is InChI=1S/C25H30O3/c26-25(27-23-17-9-7-15-21(23)19-11-3-1-4-12-19)28-24-18-10-8-16-22(24)20-13-5-2-6-14-20/h1-6,11-14,21-24H,7-10,15-18H2/t21-,22-,23+,24+/m0/s1. The van der Waals surface area contributed by atoms with Gasteiger partial charge in [0.15, 0.2) is 0 Å². The number of ether oxygens (including phenoxy) is 2. The molecule has 0 N–H and O–H groups in total. The van der Waals surface area contributed by atoms with Crippen molar-refractivity contribution in [3.63, 3.8) is 0 Å². The van der Waals surface area contributed by atoms with E-state index in [9.17, 15) is 4.79 Å². The lowest BCUT2D eigenvalue weighted by molar-refractivity contribution is -0.0305. The van der Waals surface area contributed by atoms with Crippen molar-refractivity contribution >= 4 is 6.16 Å². The molecular formula is C25H30O3. The highest BCUT2D eigenvalue weighted by atomic mass is 16.7. The number of hydrogen-bond donors (Lipinski definition) is 0. The van der Waals surface area contributed by atoms with E-state index in [4.69, 9.17) is 9.47 Å². The van der Waals surface area contributed by atoms with Crippen LogP contribution in [0.3, 0.4) is 0 Å². The molecule has 0 aromatic heterocycles. The van der Waals surface area contributed by atoms with E-state index in [1.165, 1.54) is 24.0 Å². The highest BCUT2D eigenvalue weighted by Crippen LogP contribution is 2.37. The van der Waals surface area contributed by atoms with E-state index in [1.807, 2.05) is 12.1 Å². The fourth-order valence-corrected chi connectivity index (χ4v) is 4.91. The van der Waals surface area contributed by atoms with Gasteiger partial charge in [-0.2, -0.15) is 0 Å². The Morgan fingerprint density at radius 1 is 0.607 bits per heavy atom. The van der Waals surface area contributed by atoms with Crippen molar-refractivity contribution in [1.29, 1.82) is 0 Å². The highest BCUT2D eigenvalue weighted by Gasteiger charge is 2.33. The van der Waals surface area contributed by atoms with Crippen LogP contribution in [-0.4, -0.2) is 18.4 Å². The molecule has 0 radical (unpaired) electrons. The predicted octanol–water partition coefficient (Wildman–Crippen LogP) is 6.59. The maximum atomic E-state index is 12.7. The zero-order valence-electron chi connectivity index (χ0n) is 16.5. The summed E-state index contributed by atoms with van der Waals surface area (Å²) in [5.74, 6) is 0.553. The van der Waals surface area contributed by atoms with Crippen molar-refractivity contribution in [2.45, 2.75) is 75.4 Å². The van der Waals surface area contributed by atoms with Crippen LogP contribution < -0.4 is 0 Å². The lowest BCUT2D eigenvalue weighted by Gasteiger charge is -2.34. The average molecular weight is 379 g/mol. The summed E-state index contributed by atoms with van der Waals surface area (Å²) >= 11 is 0. The summed E-state index contributed by atoms with van der Waals surface area (Å²) in [6, 6.07) is 20.9. The Morgan fingerprint density at radius 3 is 1.43 bits per heavy atom. The van der Waals surface area contributed by atoms with E-state index in [-0.39, 0.29) is 24.0 Å². The van der Waals surface area contributed by atoms with Crippen molar-refractivity contribution in [1.82, 2.24) is 0 Å². The third-order valence-electron chi connectivity index (χ3n) is 6.36. The van der Waals surface area contributed by atoms with E-state index >= 15 is 0 Å². The predicted molar refractivity (Wildman–Crippen MR) is 110 cm³/mol. The summed E-state index contributed by atoms with van der Waals surface area (Å²) in [6.45, 7) is 0. The average Bonchev–Trinajstić information content (AvgIpc) is 2.76. The van der Waals surface area contributed by atoms with Gasteiger partial charge in [-0.05, 0) is 49.7 Å². The first-order valence-corrected chi connectivity index (χ1v) is 10.8. The molecule has 0 saturated heterocycles. The molecule has 0 bridgehead atoms. The fourth-order valence-electron chi connectivity index (χ4n) is 4.91. The van der Waals surface area contributed by atoms with E-state index in [1.54, 1.807) is 0 Å². The quantitative estimate of drug-likeness (QED) is 0.563. The summed E-state index contributed by atoms with van der Waals surface area (Å²) in [4.78, 5) is 12.7. The van der Waals surface area contributed by atoms with E-state index in [0.29, 0.717) is 0 Å². The Morgan fingerprint density at radius 2 is 1.00 bits per heavy atom. The molecule has 0 aliphatic heterocycles. The lowest BCUT2D eigenvalue weighted by Crippen LogP contribution is -2.33. The van der Waals surface area contributed by atoms with Crippen LogP contribution in [0.1, 0.15) is 74.3 Å². The minimum atomic E-state index is -0.485. The molecule has 3 heteroatoms. The molecule has 2 saturated carbocycles. The van der Waals surface area contributed by atoms with Gasteiger partial charge < -0.3 is 9.47 Å². The van der Waals surface area contributed by atoms with Crippen LogP contribution in [0.2, 0.25) is 0 Å². The monoisotopic (exact) mass is 378 g/mol. The first-order chi connectivity index (χ1) is 13.8. The maximum absolute atomic E-state index is 12.7.